The molecule has 178 valence electrons. The summed E-state index contributed by atoms with van der Waals surface area (Å²) >= 11 is 0. The van der Waals surface area contributed by atoms with Crippen molar-refractivity contribution in [3.63, 3.8) is 0 Å². The van der Waals surface area contributed by atoms with Gasteiger partial charge in [0.15, 0.2) is 6.10 Å². The van der Waals surface area contributed by atoms with E-state index < -0.39 is 71.1 Å². The van der Waals surface area contributed by atoms with E-state index in [4.69, 9.17) is 14.2 Å². The van der Waals surface area contributed by atoms with Gasteiger partial charge in [0.2, 0.25) is 0 Å². The number of hydrogen-bond donors (Lipinski definition) is 2. The molecule has 0 aromatic rings. The zero-order chi connectivity index (χ0) is 24.2. The molecule has 1 unspecified atom stereocenters. The van der Waals surface area contributed by atoms with Gasteiger partial charge in [-0.2, -0.15) is 0 Å². The van der Waals surface area contributed by atoms with E-state index in [0.717, 1.165) is 0 Å². The lowest BCUT2D eigenvalue weighted by molar-refractivity contribution is -0.277. The molecule has 2 saturated carbocycles. The van der Waals surface area contributed by atoms with E-state index in [9.17, 15) is 24.6 Å². The van der Waals surface area contributed by atoms with Gasteiger partial charge < -0.3 is 24.4 Å². The molecule has 0 radical (unpaired) electrons. The van der Waals surface area contributed by atoms with Crippen LogP contribution >= 0.6 is 0 Å². The first-order valence-electron chi connectivity index (χ1n) is 11.1. The van der Waals surface area contributed by atoms with E-state index in [2.05, 4.69) is 6.58 Å². The zero-order valence-corrected chi connectivity index (χ0v) is 19.6. The normalized spacial score (nSPS) is 41.6. The summed E-state index contributed by atoms with van der Waals surface area (Å²) in [6, 6.07) is 0. The summed E-state index contributed by atoms with van der Waals surface area (Å²) in [5, 5.41) is 22.6. The largest absolute Gasteiger partial charge is 0.461 e. The molecular weight excluding hydrogens is 416 g/mol. The van der Waals surface area contributed by atoms with Crippen molar-refractivity contribution in [2.75, 3.05) is 0 Å². The third-order valence-corrected chi connectivity index (χ3v) is 7.55. The van der Waals surface area contributed by atoms with Crippen molar-refractivity contribution in [3.05, 3.63) is 23.8 Å². The van der Waals surface area contributed by atoms with Crippen LogP contribution in [0.2, 0.25) is 0 Å². The number of hydrogen-bond acceptors (Lipinski definition) is 8. The van der Waals surface area contributed by atoms with E-state index >= 15 is 0 Å². The van der Waals surface area contributed by atoms with Gasteiger partial charge in [-0.1, -0.05) is 33.4 Å². The fourth-order valence-electron chi connectivity index (χ4n) is 5.58. The van der Waals surface area contributed by atoms with Crippen LogP contribution in [0.25, 0.3) is 0 Å². The van der Waals surface area contributed by atoms with Crippen molar-refractivity contribution < 1.29 is 38.8 Å². The number of rotatable bonds is 4. The minimum Gasteiger partial charge on any atom is -0.461 e. The number of allylic oxidation sites excluding steroid dienone is 1. The van der Waals surface area contributed by atoms with E-state index in [0.29, 0.717) is 5.57 Å². The fourth-order valence-corrected chi connectivity index (χ4v) is 5.58. The fraction of sp³-hybridized carbons (Fsp3) is 0.708. The molecule has 2 N–H and O–H groups in total. The molecule has 32 heavy (non-hydrogen) atoms. The summed E-state index contributed by atoms with van der Waals surface area (Å²) in [4.78, 5) is 37.9. The van der Waals surface area contributed by atoms with Crippen LogP contribution in [-0.2, 0) is 28.6 Å². The standard InChI is InChI=1S/C24H34O8/c1-8-12(4)21(27)32-19-17-15(13(5)22(28)31-17)16(30-20(26)11(2)3)18-23(6,29)10-9-14(25)24(18,19)7/h8,11,14-19,25,29H,5,9-10H2,1-4,6-7H3/b12-8+/t14-,15-,16-,17-,18?,19-,23-,24+/m1/s1. The maximum atomic E-state index is 12.7. The van der Waals surface area contributed by atoms with Gasteiger partial charge in [-0.3, -0.25) is 4.79 Å². The van der Waals surface area contributed by atoms with Gasteiger partial charge in [0.1, 0.15) is 12.2 Å². The number of aliphatic hydroxyl groups excluding tert-OH is 1. The summed E-state index contributed by atoms with van der Waals surface area (Å²) in [5.74, 6) is -3.89. The van der Waals surface area contributed by atoms with Crippen LogP contribution in [0.5, 0.6) is 0 Å². The van der Waals surface area contributed by atoms with Crippen LogP contribution in [0, 0.1) is 23.2 Å². The minimum atomic E-state index is -1.37. The van der Waals surface area contributed by atoms with Crippen LogP contribution in [0.4, 0.5) is 0 Å². The Morgan fingerprint density at radius 1 is 1.28 bits per heavy atom. The molecule has 0 spiro atoms. The Balaban J connectivity index is 2.19. The number of ether oxygens (including phenoxy) is 3. The lowest BCUT2D eigenvalue weighted by atomic mass is 9.49. The smallest absolute Gasteiger partial charge is 0.334 e. The van der Waals surface area contributed by atoms with Crippen LogP contribution in [0.3, 0.4) is 0 Å². The van der Waals surface area contributed by atoms with Crippen molar-refractivity contribution in [1.29, 1.82) is 0 Å². The van der Waals surface area contributed by atoms with Crippen molar-refractivity contribution in [1.82, 2.24) is 0 Å². The molecule has 2 aliphatic carbocycles. The summed E-state index contributed by atoms with van der Waals surface area (Å²) in [5.41, 5.74) is -2.17. The number of aliphatic hydroxyl groups is 2. The number of carbonyl (C=O) groups excluding carboxylic acids is 3. The monoisotopic (exact) mass is 450 g/mol. The highest BCUT2D eigenvalue weighted by Gasteiger charge is 2.71. The van der Waals surface area contributed by atoms with E-state index in [1.807, 2.05) is 0 Å². The van der Waals surface area contributed by atoms with Crippen molar-refractivity contribution in [2.45, 2.75) is 84.4 Å². The van der Waals surface area contributed by atoms with Crippen LogP contribution < -0.4 is 0 Å². The predicted octanol–water partition coefficient (Wildman–Crippen LogP) is 2.07. The Labute approximate surface area is 188 Å². The Bertz CT molecular complexity index is 856. The van der Waals surface area contributed by atoms with Crippen molar-refractivity contribution in [2.24, 2.45) is 23.2 Å². The Kier molecular flexibility index (Phi) is 6.34. The highest BCUT2D eigenvalue weighted by Crippen LogP contribution is 2.60. The molecule has 1 aliphatic heterocycles. The molecule has 0 aromatic carbocycles. The summed E-state index contributed by atoms with van der Waals surface area (Å²) < 4.78 is 17.3. The molecular formula is C24H34O8. The summed E-state index contributed by atoms with van der Waals surface area (Å²) in [7, 11) is 0. The number of carbonyl (C=O) groups is 3. The highest BCUT2D eigenvalue weighted by molar-refractivity contribution is 5.92. The van der Waals surface area contributed by atoms with Crippen LogP contribution in [0.1, 0.15) is 54.4 Å². The molecule has 3 rings (SSSR count). The van der Waals surface area contributed by atoms with Gasteiger partial charge in [-0.15, -0.1) is 0 Å². The molecule has 8 heteroatoms. The summed E-state index contributed by atoms with van der Waals surface area (Å²) in [6.45, 7) is 13.8. The van der Waals surface area contributed by atoms with Crippen LogP contribution in [-0.4, -0.2) is 58.1 Å². The molecule has 1 heterocycles. The van der Waals surface area contributed by atoms with E-state index in [-0.39, 0.29) is 18.4 Å². The molecule has 0 amide bonds. The molecule has 3 fully saturated rings. The second-order valence-electron chi connectivity index (χ2n) is 10.0. The number of esters is 3. The summed E-state index contributed by atoms with van der Waals surface area (Å²) in [6.07, 6.45) is -1.96. The van der Waals surface area contributed by atoms with Crippen LogP contribution in [0.15, 0.2) is 23.8 Å². The predicted molar refractivity (Wildman–Crippen MR) is 114 cm³/mol. The van der Waals surface area contributed by atoms with Gasteiger partial charge in [-0.05, 0) is 33.6 Å². The lowest BCUT2D eigenvalue weighted by Crippen LogP contribution is -2.72. The Morgan fingerprint density at radius 2 is 1.91 bits per heavy atom. The average Bonchev–Trinajstić information content (AvgIpc) is 3.01. The molecule has 0 aromatic heterocycles. The third kappa shape index (κ3) is 3.67. The van der Waals surface area contributed by atoms with Crippen molar-refractivity contribution >= 4 is 17.9 Å². The Morgan fingerprint density at radius 3 is 2.47 bits per heavy atom. The van der Waals surface area contributed by atoms with Gasteiger partial charge in [-0.25, -0.2) is 9.59 Å². The first-order chi connectivity index (χ1) is 14.8. The van der Waals surface area contributed by atoms with Gasteiger partial charge in [0.05, 0.1) is 23.5 Å². The maximum Gasteiger partial charge on any atom is 0.334 e. The third-order valence-electron chi connectivity index (χ3n) is 7.55. The van der Waals surface area contributed by atoms with Gasteiger partial charge >= 0.3 is 17.9 Å². The average molecular weight is 451 g/mol. The van der Waals surface area contributed by atoms with E-state index in [1.165, 1.54) is 0 Å². The SMILES string of the molecule is C=C1C(=O)O[C@@H]2[C@H]1[C@@H](OC(=O)C(C)C)C1[C@](C)([C@H](O)CC[C@@]1(C)O)[C@@H]2OC(=O)/C(C)=C/C. The van der Waals surface area contributed by atoms with E-state index in [1.54, 1.807) is 47.6 Å². The molecule has 8 atom stereocenters. The minimum absolute atomic E-state index is 0.0956. The van der Waals surface area contributed by atoms with Gasteiger partial charge in [0, 0.05) is 22.5 Å². The maximum absolute atomic E-state index is 12.7. The Hall–Kier alpha value is -2.19. The number of fused-ring (bicyclic) bond motifs is 2. The highest BCUT2D eigenvalue weighted by atomic mass is 16.6. The second kappa shape index (κ2) is 8.30. The molecule has 3 aliphatic rings. The molecule has 8 nitrogen and oxygen atoms in total. The molecule has 1 saturated heterocycles. The first kappa shape index (κ1) is 24.5. The first-order valence-corrected chi connectivity index (χ1v) is 11.1. The molecule has 0 bridgehead atoms. The lowest BCUT2D eigenvalue weighted by Gasteiger charge is -2.61. The zero-order valence-electron chi connectivity index (χ0n) is 19.6. The van der Waals surface area contributed by atoms with Crippen molar-refractivity contribution in [3.8, 4) is 0 Å². The van der Waals surface area contributed by atoms with Gasteiger partial charge in [0.25, 0.3) is 0 Å². The second-order valence-corrected chi connectivity index (χ2v) is 10.0. The topological polar surface area (TPSA) is 119 Å². The quantitative estimate of drug-likeness (QED) is 0.380.